The maximum absolute atomic E-state index is 4.47. The number of halogens is 2. The zero-order valence-electron chi connectivity index (χ0n) is 10.7. The van der Waals surface area contributed by atoms with Gasteiger partial charge in [-0.3, -0.25) is 4.68 Å². The van der Waals surface area contributed by atoms with E-state index in [1.165, 1.54) is 29.4 Å². The molecule has 2 rings (SSSR count). The maximum Gasteiger partial charge on any atom is 0.0738 e. The first kappa shape index (κ1) is 13.6. The first-order chi connectivity index (χ1) is 7.99. The van der Waals surface area contributed by atoms with Crippen molar-refractivity contribution in [1.29, 1.82) is 0 Å². The molecule has 1 heterocycles. The predicted octanol–water partition coefficient (Wildman–Crippen LogP) is 4.23. The topological polar surface area (TPSA) is 17.8 Å². The van der Waals surface area contributed by atoms with Crippen LogP contribution in [0.5, 0.6) is 0 Å². The number of hydrogen-bond acceptors (Lipinski definition) is 1. The molecule has 96 valence electrons. The first-order valence-electron chi connectivity index (χ1n) is 6.31. The summed E-state index contributed by atoms with van der Waals surface area (Å²) in [6.07, 6.45) is 5.11. The van der Waals surface area contributed by atoms with Gasteiger partial charge in [0.05, 0.1) is 15.9 Å². The van der Waals surface area contributed by atoms with E-state index >= 15 is 0 Å². The highest BCUT2D eigenvalue weighted by Crippen LogP contribution is 2.36. The third-order valence-electron chi connectivity index (χ3n) is 3.87. The molecular weight excluding hydrogens is 344 g/mol. The van der Waals surface area contributed by atoms with Gasteiger partial charge in [-0.2, -0.15) is 5.10 Å². The molecule has 1 aromatic rings. The molecule has 0 spiro atoms. The fraction of sp³-hybridized carbons (Fsp3) is 0.769. The fourth-order valence-corrected chi connectivity index (χ4v) is 3.99. The summed E-state index contributed by atoms with van der Waals surface area (Å²) in [5, 5.41) is 4.47. The van der Waals surface area contributed by atoms with Crippen LogP contribution >= 0.6 is 31.9 Å². The second-order valence-corrected chi connectivity index (χ2v) is 7.34. The highest BCUT2D eigenvalue weighted by Gasteiger charge is 2.28. The van der Waals surface area contributed by atoms with E-state index in [0.29, 0.717) is 4.83 Å². The molecule has 3 unspecified atom stereocenters. The molecule has 0 bridgehead atoms. The number of aromatic nitrogens is 2. The lowest BCUT2D eigenvalue weighted by Gasteiger charge is -2.31. The summed E-state index contributed by atoms with van der Waals surface area (Å²) in [7, 11) is 2.04. The van der Waals surface area contributed by atoms with E-state index in [0.717, 1.165) is 24.0 Å². The summed E-state index contributed by atoms with van der Waals surface area (Å²) in [5.74, 6) is 1.60. The van der Waals surface area contributed by atoms with Gasteiger partial charge in [0, 0.05) is 11.9 Å². The lowest BCUT2D eigenvalue weighted by atomic mass is 9.80. The van der Waals surface area contributed by atoms with Crippen LogP contribution in [0.2, 0.25) is 0 Å². The molecule has 0 radical (unpaired) electrons. The highest BCUT2D eigenvalue weighted by molar-refractivity contribution is 9.10. The molecule has 2 nitrogen and oxygen atoms in total. The van der Waals surface area contributed by atoms with Crippen molar-refractivity contribution in [2.45, 2.75) is 44.4 Å². The van der Waals surface area contributed by atoms with Crippen molar-refractivity contribution in [3.05, 3.63) is 15.9 Å². The number of hydrogen-bond donors (Lipinski definition) is 0. The van der Waals surface area contributed by atoms with Crippen molar-refractivity contribution in [1.82, 2.24) is 9.78 Å². The van der Waals surface area contributed by atoms with Gasteiger partial charge in [-0.05, 0) is 60.4 Å². The Bertz CT molecular complexity index is 400. The number of nitrogens with zero attached hydrogens (tertiary/aromatic N) is 2. The molecule has 3 atom stereocenters. The van der Waals surface area contributed by atoms with Crippen LogP contribution in [-0.2, 0) is 13.5 Å². The van der Waals surface area contributed by atoms with Crippen molar-refractivity contribution in [3.8, 4) is 0 Å². The van der Waals surface area contributed by atoms with E-state index in [4.69, 9.17) is 0 Å². The average molecular weight is 364 g/mol. The van der Waals surface area contributed by atoms with Gasteiger partial charge in [0.2, 0.25) is 0 Å². The summed E-state index contributed by atoms with van der Waals surface area (Å²) in [6.45, 7) is 4.43. The molecule has 1 aliphatic carbocycles. The molecule has 0 N–H and O–H groups in total. The molecule has 0 amide bonds. The van der Waals surface area contributed by atoms with Crippen LogP contribution in [0.3, 0.4) is 0 Å². The summed E-state index contributed by atoms with van der Waals surface area (Å²) < 4.78 is 3.22. The molecular formula is C13H20Br2N2. The smallest absolute Gasteiger partial charge is 0.0738 e. The number of aryl methyl sites for hydroxylation is 2. The largest absolute Gasteiger partial charge is 0.271 e. The third-order valence-corrected chi connectivity index (χ3v) is 6.11. The van der Waals surface area contributed by atoms with Crippen molar-refractivity contribution >= 4 is 31.9 Å². The van der Waals surface area contributed by atoms with Gasteiger partial charge in [-0.1, -0.05) is 22.9 Å². The minimum atomic E-state index is 0.667. The monoisotopic (exact) mass is 362 g/mol. The molecule has 0 saturated heterocycles. The minimum Gasteiger partial charge on any atom is -0.271 e. The lowest BCUT2D eigenvalue weighted by molar-refractivity contribution is 0.290. The summed E-state index contributed by atoms with van der Waals surface area (Å²) in [6, 6.07) is 0. The van der Waals surface area contributed by atoms with Crippen molar-refractivity contribution in [2.75, 3.05) is 0 Å². The molecule has 1 aromatic heterocycles. The van der Waals surface area contributed by atoms with Gasteiger partial charge < -0.3 is 0 Å². The number of alkyl halides is 1. The fourth-order valence-electron chi connectivity index (χ4n) is 2.82. The van der Waals surface area contributed by atoms with Crippen molar-refractivity contribution in [2.24, 2.45) is 18.9 Å². The Balaban J connectivity index is 2.14. The highest BCUT2D eigenvalue weighted by atomic mass is 79.9. The van der Waals surface area contributed by atoms with Crippen LogP contribution in [0.15, 0.2) is 4.47 Å². The van der Waals surface area contributed by atoms with E-state index in [1.807, 2.05) is 11.7 Å². The lowest BCUT2D eigenvalue weighted by Crippen LogP contribution is -2.26. The van der Waals surface area contributed by atoms with Crippen LogP contribution < -0.4 is 0 Å². The zero-order chi connectivity index (χ0) is 12.6. The minimum absolute atomic E-state index is 0.667. The van der Waals surface area contributed by atoms with Gasteiger partial charge in [0.15, 0.2) is 0 Å². The third kappa shape index (κ3) is 2.95. The van der Waals surface area contributed by atoms with Crippen LogP contribution in [0.4, 0.5) is 0 Å². The van der Waals surface area contributed by atoms with Gasteiger partial charge in [-0.25, -0.2) is 0 Å². The Morgan fingerprint density at radius 3 is 2.71 bits per heavy atom. The quantitative estimate of drug-likeness (QED) is 0.719. The van der Waals surface area contributed by atoms with Gasteiger partial charge >= 0.3 is 0 Å². The predicted molar refractivity (Wildman–Crippen MR) is 78.6 cm³/mol. The number of rotatable bonds is 2. The Morgan fingerprint density at radius 1 is 1.41 bits per heavy atom. The van der Waals surface area contributed by atoms with E-state index in [2.05, 4.69) is 50.8 Å². The first-order valence-corrected chi connectivity index (χ1v) is 8.02. The molecule has 1 fully saturated rings. The maximum atomic E-state index is 4.47. The zero-order valence-corrected chi connectivity index (χ0v) is 13.9. The average Bonchev–Trinajstić information content (AvgIpc) is 2.50. The second-order valence-electron chi connectivity index (χ2n) is 5.37. The summed E-state index contributed by atoms with van der Waals surface area (Å²) in [4.78, 5) is 0.667. The van der Waals surface area contributed by atoms with E-state index in [-0.39, 0.29) is 0 Å². The second kappa shape index (κ2) is 5.43. The molecule has 0 aromatic carbocycles. The van der Waals surface area contributed by atoms with Gasteiger partial charge in [0.25, 0.3) is 0 Å². The summed E-state index contributed by atoms with van der Waals surface area (Å²) >= 11 is 7.51. The van der Waals surface area contributed by atoms with Crippen LogP contribution in [-0.4, -0.2) is 14.6 Å². The SMILES string of the molecule is Cc1nn(C)c(CC2CC(C)CCC2Br)c1Br. The molecule has 4 heteroatoms. The Labute approximate surface area is 120 Å². The standard InChI is InChI=1S/C13H20Br2N2/c1-8-4-5-11(14)10(6-8)7-12-13(15)9(2)16-17(12)3/h8,10-11H,4-7H2,1-3H3. The summed E-state index contributed by atoms with van der Waals surface area (Å²) in [5.41, 5.74) is 2.43. The molecule has 1 aliphatic rings. The Kier molecular flexibility index (Phi) is 4.35. The Morgan fingerprint density at radius 2 is 2.12 bits per heavy atom. The van der Waals surface area contributed by atoms with Crippen molar-refractivity contribution < 1.29 is 0 Å². The molecule has 1 saturated carbocycles. The molecule has 17 heavy (non-hydrogen) atoms. The van der Waals surface area contributed by atoms with E-state index in [1.54, 1.807) is 0 Å². The van der Waals surface area contributed by atoms with Crippen molar-refractivity contribution in [3.63, 3.8) is 0 Å². The van der Waals surface area contributed by atoms with Crippen LogP contribution in [0.25, 0.3) is 0 Å². The normalized spacial score (nSPS) is 29.6. The van der Waals surface area contributed by atoms with E-state index < -0.39 is 0 Å². The molecule has 0 aliphatic heterocycles. The van der Waals surface area contributed by atoms with Gasteiger partial charge in [-0.15, -0.1) is 0 Å². The van der Waals surface area contributed by atoms with Gasteiger partial charge in [0.1, 0.15) is 0 Å². The van der Waals surface area contributed by atoms with Crippen LogP contribution in [0.1, 0.15) is 37.6 Å². The van der Waals surface area contributed by atoms with E-state index in [9.17, 15) is 0 Å². The van der Waals surface area contributed by atoms with Crippen LogP contribution in [0, 0.1) is 18.8 Å². The Hall–Kier alpha value is 0.170.